The molecule has 1 aliphatic heterocycles. The van der Waals surface area contributed by atoms with Crippen LogP contribution in [-0.4, -0.2) is 40.7 Å². The topological polar surface area (TPSA) is 76.9 Å². The second kappa shape index (κ2) is 5.24. The number of hydrogen-bond acceptors (Lipinski definition) is 5. The Kier molecular flexibility index (Phi) is 3.43. The molecule has 6 nitrogen and oxygen atoms in total. The van der Waals surface area contributed by atoms with Crippen molar-refractivity contribution in [2.75, 3.05) is 16.8 Å². The molecule has 2 aromatic rings. The molecule has 1 aromatic carbocycles. The third-order valence-corrected chi connectivity index (χ3v) is 5.22. The van der Waals surface area contributed by atoms with Crippen molar-refractivity contribution in [2.24, 2.45) is 0 Å². The zero-order chi connectivity index (χ0) is 14.0. The molecular weight excluding hydrogens is 276 g/mol. The van der Waals surface area contributed by atoms with E-state index in [9.17, 15) is 8.42 Å². The van der Waals surface area contributed by atoms with Crippen LogP contribution in [-0.2, 0) is 9.84 Å². The van der Waals surface area contributed by atoms with Gasteiger partial charge in [-0.2, -0.15) is 0 Å². The summed E-state index contributed by atoms with van der Waals surface area (Å²) in [5, 5.41) is 10.9. The summed E-state index contributed by atoms with van der Waals surface area (Å²) in [5.74, 6) is 0.524. The number of nitrogens with zero attached hydrogens (tertiary/aromatic N) is 3. The van der Waals surface area contributed by atoms with Crippen molar-refractivity contribution in [3.63, 3.8) is 0 Å². The maximum Gasteiger partial charge on any atom is 0.152 e. The number of nitrogens with one attached hydrogen (secondary N) is 1. The van der Waals surface area contributed by atoms with Gasteiger partial charge in [-0.3, -0.25) is 4.57 Å². The number of hydrogen-bond donors (Lipinski definition) is 1. The van der Waals surface area contributed by atoms with Gasteiger partial charge >= 0.3 is 0 Å². The zero-order valence-electron chi connectivity index (χ0n) is 10.9. The summed E-state index contributed by atoms with van der Waals surface area (Å²) in [7, 11) is -2.89. The number of anilines is 1. The van der Waals surface area contributed by atoms with Crippen molar-refractivity contribution in [3.05, 3.63) is 36.9 Å². The van der Waals surface area contributed by atoms with E-state index in [2.05, 4.69) is 15.5 Å². The summed E-state index contributed by atoms with van der Waals surface area (Å²) in [4.78, 5) is 0. The molecule has 1 saturated heterocycles. The van der Waals surface area contributed by atoms with Crippen LogP contribution in [0.4, 0.5) is 5.69 Å². The highest BCUT2D eigenvalue weighted by Crippen LogP contribution is 2.19. The predicted octanol–water partition coefficient (Wildman–Crippen LogP) is 1.26. The van der Waals surface area contributed by atoms with Gasteiger partial charge in [0.15, 0.2) is 9.84 Å². The predicted molar refractivity (Wildman–Crippen MR) is 76.7 cm³/mol. The molecule has 20 heavy (non-hydrogen) atoms. The zero-order valence-corrected chi connectivity index (χ0v) is 11.8. The normalized spacial score (nSPS) is 21.5. The van der Waals surface area contributed by atoms with Gasteiger partial charge in [0.25, 0.3) is 0 Å². The highest BCUT2D eigenvalue weighted by molar-refractivity contribution is 7.91. The first-order valence-electron chi connectivity index (χ1n) is 6.54. The Balaban J connectivity index is 1.76. The van der Waals surface area contributed by atoms with Gasteiger partial charge in [-0.1, -0.05) is 6.07 Å². The standard InChI is InChI=1S/C13H16N4O2S/c18-20(19)6-2-4-12(8-20)16-11-3-1-5-13(7-11)17-9-14-15-10-17/h1,3,5,7,9-10,12,16H,2,4,6,8H2. The van der Waals surface area contributed by atoms with Crippen molar-refractivity contribution in [2.45, 2.75) is 18.9 Å². The molecule has 0 radical (unpaired) electrons. The fraction of sp³-hybridized carbons (Fsp3) is 0.385. The molecule has 1 atom stereocenters. The maximum atomic E-state index is 11.6. The minimum Gasteiger partial charge on any atom is -0.381 e. The molecule has 7 heteroatoms. The van der Waals surface area contributed by atoms with Crippen LogP contribution in [0.3, 0.4) is 0 Å². The van der Waals surface area contributed by atoms with Gasteiger partial charge in [0.05, 0.1) is 17.2 Å². The molecule has 0 aliphatic carbocycles. The molecule has 1 unspecified atom stereocenters. The lowest BCUT2D eigenvalue weighted by Gasteiger charge is -2.24. The first-order chi connectivity index (χ1) is 9.62. The van der Waals surface area contributed by atoms with Crippen LogP contribution in [0.15, 0.2) is 36.9 Å². The van der Waals surface area contributed by atoms with E-state index in [-0.39, 0.29) is 11.8 Å². The highest BCUT2D eigenvalue weighted by Gasteiger charge is 2.24. The van der Waals surface area contributed by atoms with Gasteiger partial charge in [0.1, 0.15) is 12.7 Å². The molecule has 0 bridgehead atoms. The van der Waals surface area contributed by atoms with Crippen molar-refractivity contribution in [3.8, 4) is 5.69 Å². The SMILES string of the molecule is O=S1(=O)CCCC(Nc2cccc(-n3cnnc3)c2)C1. The van der Waals surface area contributed by atoms with Gasteiger partial charge in [0.2, 0.25) is 0 Å². The van der Waals surface area contributed by atoms with E-state index >= 15 is 0 Å². The summed E-state index contributed by atoms with van der Waals surface area (Å²) < 4.78 is 25.1. The molecule has 2 heterocycles. The van der Waals surface area contributed by atoms with Crippen LogP contribution in [0.5, 0.6) is 0 Å². The van der Waals surface area contributed by atoms with Crippen LogP contribution in [0, 0.1) is 0 Å². The number of aromatic nitrogens is 3. The quantitative estimate of drug-likeness (QED) is 0.921. The molecule has 1 N–H and O–H groups in total. The van der Waals surface area contributed by atoms with Crippen LogP contribution in [0.2, 0.25) is 0 Å². The lowest BCUT2D eigenvalue weighted by molar-refractivity contribution is 0.562. The van der Waals surface area contributed by atoms with Crippen LogP contribution < -0.4 is 5.32 Å². The first-order valence-corrected chi connectivity index (χ1v) is 8.36. The Morgan fingerprint density at radius 2 is 2.05 bits per heavy atom. The summed E-state index contributed by atoms with van der Waals surface area (Å²) in [6, 6.07) is 7.77. The van der Waals surface area contributed by atoms with Gasteiger partial charge < -0.3 is 5.32 Å². The van der Waals surface area contributed by atoms with E-state index in [1.54, 1.807) is 12.7 Å². The average Bonchev–Trinajstić information content (AvgIpc) is 2.91. The average molecular weight is 292 g/mol. The molecule has 0 amide bonds. The number of benzene rings is 1. The van der Waals surface area contributed by atoms with E-state index in [0.29, 0.717) is 5.75 Å². The smallest absolute Gasteiger partial charge is 0.152 e. The largest absolute Gasteiger partial charge is 0.381 e. The lowest BCUT2D eigenvalue weighted by atomic mass is 10.1. The Labute approximate surface area is 117 Å². The van der Waals surface area contributed by atoms with E-state index in [1.165, 1.54) is 0 Å². The van der Waals surface area contributed by atoms with Crippen molar-refractivity contribution < 1.29 is 8.42 Å². The second-order valence-corrected chi connectivity index (χ2v) is 7.25. The van der Waals surface area contributed by atoms with Crippen molar-refractivity contribution in [1.82, 2.24) is 14.8 Å². The Morgan fingerprint density at radius 3 is 2.80 bits per heavy atom. The molecule has 3 rings (SSSR count). The van der Waals surface area contributed by atoms with Crippen LogP contribution in [0.25, 0.3) is 5.69 Å². The van der Waals surface area contributed by atoms with Crippen molar-refractivity contribution >= 4 is 15.5 Å². The first kappa shape index (κ1) is 13.1. The summed E-state index contributed by atoms with van der Waals surface area (Å²) in [5.41, 5.74) is 1.86. The monoisotopic (exact) mass is 292 g/mol. The summed E-state index contributed by atoms with van der Waals surface area (Å²) in [6.45, 7) is 0. The van der Waals surface area contributed by atoms with E-state index in [0.717, 1.165) is 24.2 Å². The fourth-order valence-electron chi connectivity index (χ4n) is 2.46. The summed E-state index contributed by atoms with van der Waals surface area (Å²) in [6.07, 6.45) is 4.87. The second-order valence-electron chi connectivity index (χ2n) is 5.02. The minimum absolute atomic E-state index is 0.00934. The molecule has 1 fully saturated rings. The molecule has 0 saturated carbocycles. The molecule has 106 valence electrons. The van der Waals surface area contributed by atoms with Gasteiger partial charge in [-0.25, -0.2) is 8.42 Å². The number of sulfone groups is 1. The van der Waals surface area contributed by atoms with Gasteiger partial charge in [-0.05, 0) is 31.0 Å². The minimum atomic E-state index is -2.89. The fourth-order valence-corrected chi connectivity index (χ4v) is 4.10. The highest BCUT2D eigenvalue weighted by atomic mass is 32.2. The Hall–Kier alpha value is -1.89. The van der Waals surface area contributed by atoms with Crippen LogP contribution >= 0.6 is 0 Å². The Morgan fingerprint density at radius 1 is 1.25 bits per heavy atom. The van der Waals surface area contributed by atoms with E-state index < -0.39 is 9.84 Å². The third kappa shape index (κ3) is 2.98. The molecule has 0 spiro atoms. The van der Waals surface area contributed by atoms with Crippen molar-refractivity contribution in [1.29, 1.82) is 0 Å². The Bertz CT molecular complexity index is 682. The van der Waals surface area contributed by atoms with Gasteiger partial charge in [-0.15, -0.1) is 10.2 Å². The third-order valence-electron chi connectivity index (χ3n) is 3.40. The molecule has 1 aliphatic rings. The molecule has 1 aromatic heterocycles. The number of rotatable bonds is 3. The maximum absolute atomic E-state index is 11.6. The molecular formula is C13H16N4O2S. The lowest BCUT2D eigenvalue weighted by Crippen LogP contribution is -2.34. The van der Waals surface area contributed by atoms with Gasteiger partial charge in [0, 0.05) is 11.7 Å². The van der Waals surface area contributed by atoms with Crippen LogP contribution in [0.1, 0.15) is 12.8 Å². The summed E-state index contributed by atoms with van der Waals surface area (Å²) >= 11 is 0. The van der Waals surface area contributed by atoms with E-state index in [1.807, 2.05) is 28.8 Å². The van der Waals surface area contributed by atoms with E-state index in [4.69, 9.17) is 0 Å².